The molecule has 0 saturated heterocycles. The minimum atomic E-state index is -1.11. The minimum absolute atomic E-state index is 0.00701. The second kappa shape index (κ2) is 7.22. The second-order valence-electron chi connectivity index (χ2n) is 6.48. The Bertz CT molecular complexity index is 975. The van der Waals surface area contributed by atoms with Gasteiger partial charge in [0.15, 0.2) is 0 Å². The van der Waals surface area contributed by atoms with Crippen LogP contribution in [0.25, 0.3) is 10.9 Å². The molecule has 1 aromatic heterocycles. The maximum absolute atomic E-state index is 12.5. The van der Waals surface area contributed by atoms with Crippen LogP contribution in [0, 0.1) is 0 Å². The number of carboxylic acid groups (broad SMARTS) is 1. The molecule has 0 saturated carbocycles. The van der Waals surface area contributed by atoms with Crippen LogP contribution in [0.3, 0.4) is 0 Å². The number of aromatic amines is 1. The number of fused-ring (bicyclic) bond motifs is 1. The molecule has 0 fully saturated rings. The van der Waals surface area contributed by atoms with Crippen LogP contribution >= 0.6 is 11.6 Å². The summed E-state index contributed by atoms with van der Waals surface area (Å²) in [6, 6.07) is 12.7. The number of aromatic nitrogens is 1. The minimum Gasteiger partial charge on any atom is -0.477 e. The molecule has 0 bridgehead atoms. The molecule has 0 radical (unpaired) electrons. The Balaban J connectivity index is 1.85. The Morgan fingerprint density at radius 1 is 1.15 bits per heavy atom. The highest BCUT2D eigenvalue weighted by Gasteiger charge is 2.20. The number of aromatic carboxylic acids is 1. The first-order valence-corrected chi connectivity index (χ1v) is 8.66. The maximum Gasteiger partial charge on any atom is 0.352 e. The number of carboxylic acids is 1. The van der Waals surface area contributed by atoms with E-state index in [1.807, 2.05) is 24.3 Å². The van der Waals surface area contributed by atoms with Gasteiger partial charge >= 0.3 is 5.97 Å². The molecule has 0 aliphatic rings. The fraction of sp³-hybridized carbons (Fsp3) is 0.200. The number of nitrogens with one attached hydrogen (secondary N) is 2. The number of H-pyrrole nitrogens is 1. The fourth-order valence-corrected chi connectivity index (χ4v) is 3.08. The zero-order valence-electron chi connectivity index (χ0n) is 14.5. The van der Waals surface area contributed by atoms with Gasteiger partial charge < -0.3 is 15.4 Å². The van der Waals surface area contributed by atoms with Gasteiger partial charge in [-0.1, -0.05) is 37.6 Å². The summed E-state index contributed by atoms with van der Waals surface area (Å²) < 4.78 is 0. The topological polar surface area (TPSA) is 82.2 Å². The fourth-order valence-electron chi connectivity index (χ4n) is 2.90. The van der Waals surface area contributed by atoms with Gasteiger partial charge in [0.05, 0.1) is 6.42 Å². The Morgan fingerprint density at radius 2 is 1.85 bits per heavy atom. The van der Waals surface area contributed by atoms with Crippen molar-refractivity contribution in [2.75, 3.05) is 5.32 Å². The highest BCUT2D eigenvalue weighted by molar-refractivity contribution is 6.31. The van der Waals surface area contributed by atoms with Crippen molar-refractivity contribution < 1.29 is 14.7 Å². The van der Waals surface area contributed by atoms with Crippen LogP contribution < -0.4 is 5.32 Å². The summed E-state index contributed by atoms with van der Waals surface area (Å²) in [6.07, 6.45) is -0.0616. The maximum atomic E-state index is 12.5. The van der Waals surface area contributed by atoms with E-state index in [9.17, 15) is 14.7 Å². The van der Waals surface area contributed by atoms with Gasteiger partial charge in [0.1, 0.15) is 5.69 Å². The average molecular weight is 371 g/mol. The predicted octanol–water partition coefficient (Wildman–Crippen LogP) is 4.82. The van der Waals surface area contributed by atoms with E-state index in [-0.39, 0.29) is 18.0 Å². The SMILES string of the molecule is CC(C)c1ccc(NC(=O)Cc2c(C(=O)O)[nH]c3ccc(Cl)cc23)cc1. The van der Waals surface area contributed by atoms with Crippen molar-refractivity contribution in [2.24, 2.45) is 0 Å². The molecule has 26 heavy (non-hydrogen) atoms. The average Bonchev–Trinajstić information content (AvgIpc) is 2.93. The number of benzene rings is 2. The van der Waals surface area contributed by atoms with E-state index in [0.717, 1.165) is 0 Å². The number of carbonyl (C=O) groups excluding carboxylic acids is 1. The molecule has 0 aliphatic heterocycles. The lowest BCUT2D eigenvalue weighted by Crippen LogP contribution is -2.16. The van der Waals surface area contributed by atoms with Crippen LogP contribution in [0.1, 0.15) is 41.4 Å². The number of hydrogen-bond acceptors (Lipinski definition) is 2. The smallest absolute Gasteiger partial charge is 0.352 e. The Hall–Kier alpha value is -2.79. The van der Waals surface area contributed by atoms with Crippen LogP contribution in [-0.2, 0) is 11.2 Å². The number of rotatable bonds is 5. The number of hydrogen-bond donors (Lipinski definition) is 3. The monoisotopic (exact) mass is 370 g/mol. The van der Waals surface area contributed by atoms with E-state index in [0.29, 0.717) is 33.1 Å². The highest BCUT2D eigenvalue weighted by Crippen LogP contribution is 2.27. The largest absolute Gasteiger partial charge is 0.477 e. The molecule has 134 valence electrons. The molecule has 0 atom stereocenters. The molecule has 0 unspecified atom stereocenters. The van der Waals surface area contributed by atoms with Crippen molar-refractivity contribution in [1.82, 2.24) is 4.98 Å². The standard InChI is InChI=1S/C20H19ClN2O3/c1-11(2)12-3-6-14(7-4-12)22-18(24)10-16-15-9-13(21)5-8-17(15)23-19(16)20(25)26/h3-9,11,23H,10H2,1-2H3,(H,22,24)(H,25,26). The van der Waals surface area contributed by atoms with Crippen LogP contribution in [-0.4, -0.2) is 22.0 Å². The van der Waals surface area contributed by atoms with E-state index < -0.39 is 5.97 Å². The number of amides is 1. The van der Waals surface area contributed by atoms with Gasteiger partial charge in [-0.05, 0) is 41.8 Å². The zero-order chi connectivity index (χ0) is 18.8. The van der Waals surface area contributed by atoms with Crippen LogP contribution in [0.4, 0.5) is 5.69 Å². The predicted molar refractivity (Wildman–Crippen MR) is 103 cm³/mol. The third-order valence-electron chi connectivity index (χ3n) is 4.28. The first-order chi connectivity index (χ1) is 12.3. The van der Waals surface area contributed by atoms with Gasteiger partial charge in [0, 0.05) is 27.2 Å². The second-order valence-corrected chi connectivity index (χ2v) is 6.91. The highest BCUT2D eigenvalue weighted by atomic mass is 35.5. The number of halogens is 1. The Labute approximate surface area is 156 Å². The number of carbonyl (C=O) groups is 2. The lowest BCUT2D eigenvalue weighted by Gasteiger charge is -2.09. The van der Waals surface area contributed by atoms with Crippen molar-refractivity contribution in [3.05, 3.63) is 64.3 Å². The first kappa shape index (κ1) is 18.0. The summed E-state index contributed by atoms with van der Waals surface area (Å²) in [5, 5.41) is 13.4. The summed E-state index contributed by atoms with van der Waals surface area (Å²) >= 11 is 6.02. The van der Waals surface area contributed by atoms with Crippen molar-refractivity contribution in [2.45, 2.75) is 26.2 Å². The lowest BCUT2D eigenvalue weighted by atomic mass is 10.0. The van der Waals surface area contributed by atoms with E-state index in [2.05, 4.69) is 24.1 Å². The van der Waals surface area contributed by atoms with E-state index in [1.165, 1.54) is 5.56 Å². The van der Waals surface area contributed by atoms with Gasteiger partial charge in [-0.15, -0.1) is 0 Å². The van der Waals surface area contributed by atoms with E-state index in [4.69, 9.17) is 11.6 Å². The summed E-state index contributed by atoms with van der Waals surface area (Å²) in [7, 11) is 0. The third kappa shape index (κ3) is 3.73. The molecule has 1 heterocycles. The summed E-state index contributed by atoms with van der Waals surface area (Å²) in [5.41, 5.74) is 2.92. The molecular formula is C20H19ClN2O3. The molecule has 6 heteroatoms. The van der Waals surface area contributed by atoms with Crippen molar-refractivity contribution >= 4 is 40.1 Å². The molecule has 5 nitrogen and oxygen atoms in total. The van der Waals surface area contributed by atoms with Gasteiger partial charge in [0.2, 0.25) is 5.91 Å². The summed E-state index contributed by atoms with van der Waals surface area (Å²) in [6.45, 7) is 4.20. The Kier molecular flexibility index (Phi) is 5.00. The van der Waals surface area contributed by atoms with Crippen molar-refractivity contribution in [3.8, 4) is 0 Å². The van der Waals surface area contributed by atoms with Crippen molar-refractivity contribution in [1.29, 1.82) is 0 Å². The quantitative estimate of drug-likeness (QED) is 0.601. The van der Waals surface area contributed by atoms with E-state index >= 15 is 0 Å². The molecule has 0 spiro atoms. The van der Waals surface area contributed by atoms with E-state index in [1.54, 1.807) is 18.2 Å². The van der Waals surface area contributed by atoms with Gasteiger partial charge in [-0.2, -0.15) is 0 Å². The lowest BCUT2D eigenvalue weighted by molar-refractivity contribution is -0.115. The van der Waals surface area contributed by atoms with Gasteiger partial charge in [0.25, 0.3) is 0 Å². The molecule has 0 aliphatic carbocycles. The molecule has 3 N–H and O–H groups in total. The van der Waals surface area contributed by atoms with Gasteiger partial charge in [-0.25, -0.2) is 4.79 Å². The third-order valence-corrected chi connectivity index (χ3v) is 4.52. The summed E-state index contributed by atoms with van der Waals surface area (Å²) in [5.74, 6) is -0.985. The van der Waals surface area contributed by atoms with Crippen molar-refractivity contribution in [3.63, 3.8) is 0 Å². The number of anilines is 1. The molecular weight excluding hydrogens is 352 g/mol. The molecule has 1 amide bonds. The normalized spacial score (nSPS) is 11.1. The molecule has 3 aromatic rings. The van der Waals surface area contributed by atoms with Crippen LogP contribution in [0.15, 0.2) is 42.5 Å². The Morgan fingerprint density at radius 3 is 2.46 bits per heavy atom. The van der Waals surface area contributed by atoms with Gasteiger partial charge in [-0.3, -0.25) is 4.79 Å². The molecule has 2 aromatic carbocycles. The van der Waals surface area contributed by atoms with Crippen LogP contribution in [0.2, 0.25) is 5.02 Å². The first-order valence-electron chi connectivity index (χ1n) is 8.28. The zero-order valence-corrected chi connectivity index (χ0v) is 15.2. The molecule has 3 rings (SSSR count). The van der Waals surface area contributed by atoms with Crippen LogP contribution in [0.5, 0.6) is 0 Å². The summed E-state index contributed by atoms with van der Waals surface area (Å²) in [4.78, 5) is 26.8.